The highest BCUT2D eigenvalue weighted by molar-refractivity contribution is 7.15. The van der Waals surface area contributed by atoms with Crippen molar-refractivity contribution in [2.75, 3.05) is 18.4 Å². The molecule has 2 aromatic rings. The lowest BCUT2D eigenvalue weighted by atomic mass is 9.93. The van der Waals surface area contributed by atoms with E-state index in [4.69, 9.17) is 9.72 Å². The van der Waals surface area contributed by atoms with Gasteiger partial charge < -0.3 is 15.0 Å². The zero-order valence-corrected chi connectivity index (χ0v) is 17.5. The molecule has 0 atom stereocenters. The monoisotopic (exact) mass is 399 g/mol. The molecule has 1 aliphatic heterocycles. The highest BCUT2D eigenvalue weighted by Gasteiger charge is 2.28. The lowest BCUT2D eigenvalue weighted by Crippen LogP contribution is -2.41. The molecule has 1 aliphatic rings. The lowest BCUT2D eigenvalue weighted by Gasteiger charge is -2.33. The maximum atomic E-state index is 12.2. The summed E-state index contributed by atoms with van der Waals surface area (Å²) in [5.74, 6) is 0.772. The van der Waals surface area contributed by atoms with Crippen LogP contribution in [-0.4, -0.2) is 39.7 Å². The number of rotatable bonds is 3. The SMILES string of the molecule is Cc1cnc(Nc2nc(C3CCN(C(=O)OC(C)(C)C)CC3)ccc2C#N)s1. The van der Waals surface area contributed by atoms with Crippen LogP contribution in [0.1, 0.15) is 55.7 Å². The molecular formula is C20H25N5O2S. The van der Waals surface area contributed by atoms with Gasteiger partial charge in [-0.2, -0.15) is 5.26 Å². The topological polar surface area (TPSA) is 91.1 Å². The number of hydrogen-bond donors (Lipinski definition) is 1. The van der Waals surface area contributed by atoms with Gasteiger partial charge in [0.2, 0.25) is 0 Å². The molecule has 2 aromatic heterocycles. The van der Waals surface area contributed by atoms with Gasteiger partial charge in [0.15, 0.2) is 5.13 Å². The number of piperidine rings is 1. The molecule has 3 rings (SSSR count). The molecule has 28 heavy (non-hydrogen) atoms. The maximum Gasteiger partial charge on any atom is 0.410 e. The molecule has 1 amide bonds. The van der Waals surface area contributed by atoms with Crippen molar-refractivity contribution in [2.24, 2.45) is 0 Å². The van der Waals surface area contributed by atoms with E-state index in [1.165, 1.54) is 11.3 Å². The van der Waals surface area contributed by atoms with Crippen LogP contribution in [0.3, 0.4) is 0 Å². The van der Waals surface area contributed by atoms with Gasteiger partial charge in [0.25, 0.3) is 0 Å². The fraction of sp³-hybridized carbons (Fsp3) is 0.500. The smallest absolute Gasteiger partial charge is 0.410 e. The molecule has 0 aromatic carbocycles. The molecule has 8 heteroatoms. The number of pyridine rings is 1. The first-order valence-electron chi connectivity index (χ1n) is 9.33. The van der Waals surface area contributed by atoms with Gasteiger partial charge in [-0.25, -0.2) is 14.8 Å². The number of hydrogen-bond acceptors (Lipinski definition) is 7. The fourth-order valence-corrected chi connectivity index (χ4v) is 3.75. The number of amides is 1. The van der Waals surface area contributed by atoms with Gasteiger partial charge in [0.05, 0.1) is 5.56 Å². The van der Waals surface area contributed by atoms with Crippen molar-refractivity contribution in [1.82, 2.24) is 14.9 Å². The highest BCUT2D eigenvalue weighted by Crippen LogP contribution is 2.30. The third-order valence-corrected chi connectivity index (χ3v) is 5.28. The standard InChI is InChI=1S/C20H25N5O2S/c1-13-12-22-18(28-13)24-17-15(11-21)5-6-16(23-17)14-7-9-25(10-8-14)19(26)27-20(2,3)4/h5-6,12,14H,7-10H2,1-4H3,(H,22,23,24). The first-order valence-corrected chi connectivity index (χ1v) is 10.2. The average Bonchev–Trinajstić information content (AvgIpc) is 3.05. The molecule has 0 aliphatic carbocycles. The van der Waals surface area contributed by atoms with E-state index >= 15 is 0 Å². The van der Waals surface area contributed by atoms with Crippen LogP contribution >= 0.6 is 11.3 Å². The molecule has 7 nitrogen and oxygen atoms in total. The second-order valence-electron chi connectivity index (χ2n) is 7.89. The maximum absolute atomic E-state index is 12.2. The van der Waals surface area contributed by atoms with Gasteiger partial charge in [0, 0.05) is 35.8 Å². The summed E-state index contributed by atoms with van der Waals surface area (Å²) in [5, 5.41) is 13.3. The van der Waals surface area contributed by atoms with Crippen LogP contribution in [0.15, 0.2) is 18.3 Å². The van der Waals surface area contributed by atoms with Crippen molar-refractivity contribution in [2.45, 2.75) is 52.1 Å². The van der Waals surface area contributed by atoms with Gasteiger partial charge in [-0.05, 0) is 52.7 Å². The third-order valence-electron chi connectivity index (χ3n) is 4.45. The Kier molecular flexibility index (Phi) is 5.84. The molecule has 0 spiro atoms. The summed E-state index contributed by atoms with van der Waals surface area (Å²) in [6.07, 6.45) is 3.15. The fourth-order valence-electron chi connectivity index (χ4n) is 3.09. The van der Waals surface area contributed by atoms with Gasteiger partial charge in [-0.15, -0.1) is 11.3 Å². The normalized spacial score (nSPS) is 15.2. The molecule has 0 saturated carbocycles. The number of anilines is 2. The first-order chi connectivity index (χ1) is 13.2. The second kappa shape index (κ2) is 8.15. The minimum atomic E-state index is -0.489. The van der Waals surface area contributed by atoms with Crippen LogP contribution in [0.4, 0.5) is 15.7 Å². The van der Waals surface area contributed by atoms with Gasteiger partial charge in [-0.3, -0.25) is 0 Å². The zero-order chi connectivity index (χ0) is 20.3. The number of thiazole rings is 1. The Bertz CT molecular complexity index is 889. The Morgan fingerprint density at radius 2 is 2.07 bits per heavy atom. The van der Waals surface area contributed by atoms with Crippen LogP contribution in [0.25, 0.3) is 0 Å². The van der Waals surface area contributed by atoms with Crippen LogP contribution in [0, 0.1) is 18.3 Å². The van der Waals surface area contributed by atoms with E-state index in [0.29, 0.717) is 24.5 Å². The van der Waals surface area contributed by atoms with Crippen molar-refractivity contribution in [1.29, 1.82) is 5.26 Å². The van der Waals surface area contributed by atoms with Crippen LogP contribution in [0.5, 0.6) is 0 Å². The van der Waals surface area contributed by atoms with E-state index in [1.807, 2.05) is 33.8 Å². The minimum Gasteiger partial charge on any atom is -0.444 e. The number of aromatic nitrogens is 2. The zero-order valence-electron chi connectivity index (χ0n) is 16.7. The number of carbonyl (C=O) groups is 1. The Balaban J connectivity index is 1.69. The van der Waals surface area contributed by atoms with E-state index in [2.05, 4.69) is 16.4 Å². The van der Waals surface area contributed by atoms with Crippen molar-refractivity contribution in [3.63, 3.8) is 0 Å². The molecule has 148 valence electrons. The molecule has 1 saturated heterocycles. The third kappa shape index (κ3) is 4.98. The van der Waals surface area contributed by atoms with E-state index in [9.17, 15) is 10.1 Å². The number of ether oxygens (including phenoxy) is 1. The summed E-state index contributed by atoms with van der Waals surface area (Å²) in [6, 6.07) is 5.88. The quantitative estimate of drug-likeness (QED) is 0.812. The lowest BCUT2D eigenvalue weighted by molar-refractivity contribution is 0.0204. The summed E-state index contributed by atoms with van der Waals surface area (Å²) >= 11 is 1.52. The van der Waals surface area contributed by atoms with Crippen molar-refractivity contribution < 1.29 is 9.53 Å². The Morgan fingerprint density at radius 1 is 1.36 bits per heavy atom. The summed E-state index contributed by atoms with van der Waals surface area (Å²) in [5.41, 5.74) is 0.929. The molecule has 0 bridgehead atoms. The van der Waals surface area contributed by atoms with E-state index in [0.717, 1.165) is 28.5 Å². The number of nitriles is 1. The molecule has 1 N–H and O–H groups in total. The van der Waals surface area contributed by atoms with E-state index in [-0.39, 0.29) is 12.0 Å². The predicted molar refractivity (Wildman–Crippen MR) is 109 cm³/mol. The molecular weight excluding hydrogens is 374 g/mol. The van der Waals surface area contributed by atoms with Crippen molar-refractivity contribution in [3.05, 3.63) is 34.5 Å². The number of nitrogens with zero attached hydrogens (tertiary/aromatic N) is 4. The summed E-state index contributed by atoms with van der Waals surface area (Å²) in [7, 11) is 0. The van der Waals surface area contributed by atoms with Gasteiger partial charge in [-0.1, -0.05) is 0 Å². The Hall–Kier alpha value is -2.66. The van der Waals surface area contributed by atoms with Crippen LogP contribution < -0.4 is 5.32 Å². The minimum absolute atomic E-state index is 0.241. The molecule has 1 fully saturated rings. The second-order valence-corrected chi connectivity index (χ2v) is 9.12. The Morgan fingerprint density at radius 3 is 2.64 bits per heavy atom. The highest BCUT2D eigenvalue weighted by atomic mass is 32.1. The van der Waals surface area contributed by atoms with Crippen molar-refractivity contribution in [3.8, 4) is 6.07 Å². The number of nitrogens with one attached hydrogen (secondary N) is 1. The number of aryl methyl sites for hydroxylation is 1. The molecule has 0 radical (unpaired) electrons. The predicted octanol–water partition coefficient (Wildman–Crippen LogP) is 4.58. The van der Waals surface area contributed by atoms with E-state index < -0.39 is 5.60 Å². The molecule has 3 heterocycles. The van der Waals surface area contributed by atoms with Crippen molar-refractivity contribution >= 4 is 28.4 Å². The van der Waals surface area contributed by atoms with Crippen LogP contribution in [-0.2, 0) is 4.74 Å². The summed E-state index contributed by atoms with van der Waals surface area (Å²) in [4.78, 5) is 24.1. The van der Waals surface area contributed by atoms with E-state index in [1.54, 1.807) is 17.2 Å². The summed E-state index contributed by atoms with van der Waals surface area (Å²) < 4.78 is 5.46. The largest absolute Gasteiger partial charge is 0.444 e. The number of carbonyl (C=O) groups excluding carboxylic acids is 1. The number of likely N-dealkylation sites (tertiary alicyclic amines) is 1. The average molecular weight is 400 g/mol. The van der Waals surface area contributed by atoms with Crippen LogP contribution in [0.2, 0.25) is 0 Å². The van der Waals surface area contributed by atoms with Gasteiger partial charge >= 0.3 is 6.09 Å². The summed E-state index contributed by atoms with van der Waals surface area (Å²) in [6.45, 7) is 8.87. The van der Waals surface area contributed by atoms with Gasteiger partial charge in [0.1, 0.15) is 17.5 Å². The Labute approximate surface area is 169 Å². The molecule has 0 unspecified atom stereocenters. The first kappa shape index (κ1) is 20.1.